The van der Waals surface area contributed by atoms with Crippen molar-refractivity contribution in [2.45, 2.75) is 12.3 Å². The number of benzene rings is 2. The Morgan fingerprint density at radius 3 is 2.45 bits per heavy atom. The molecule has 1 N–H and O–H groups in total. The molecule has 0 aromatic heterocycles. The van der Waals surface area contributed by atoms with Gasteiger partial charge in [0.2, 0.25) is 0 Å². The number of carboxylic acids is 1. The van der Waals surface area contributed by atoms with Gasteiger partial charge in [0.05, 0.1) is 13.0 Å². The van der Waals surface area contributed by atoms with E-state index >= 15 is 0 Å². The van der Waals surface area contributed by atoms with Crippen LogP contribution in [-0.4, -0.2) is 18.2 Å². The van der Waals surface area contributed by atoms with E-state index in [0.717, 1.165) is 21.3 Å². The van der Waals surface area contributed by atoms with Crippen LogP contribution >= 0.6 is 15.9 Å². The van der Waals surface area contributed by atoms with E-state index in [9.17, 15) is 9.90 Å². The highest BCUT2D eigenvalue weighted by Gasteiger charge is 2.21. The molecule has 0 heterocycles. The Labute approximate surface area is 126 Å². The second kappa shape index (κ2) is 6.57. The van der Waals surface area contributed by atoms with Crippen LogP contribution in [0.15, 0.2) is 53.0 Å². The van der Waals surface area contributed by atoms with Gasteiger partial charge in [0.15, 0.2) is 0 Å². The molecule has 104 valence electrons. The van der Waals surface area contributed by atoms with Crippen molar-refractivity contribution in [2.24, 2.45) is 0 Å². The van der Waals surface area contributed by atoms with E-state index in [0.29, 0.717) is 6.42 Å². The summed E-state index contributed by atoms with van der Waals surface area (Å²) in [6, 6.07) is 14.9. The maximum atomic E-state index is 11.5. The summed E-state index contributed by atoms with van der Waals surface area (Å²) < 4.78 is 6.21. The third kappa shape index (κ3) is 3.39. The Morgan fingerprint density at radius 1 is 1.20 bits per heavy atom. The molecule has 0 bridgehead atoms. The number of methoxy groups -OCH3 is 1. The lowest BCUT2D eigenvalue weighted by atomic mass is 9.92. The normalized spacial score (nSPS) is 11.9. The van der Waals surface area contributed by atoms with Crippen LogP contribution in [-0.2, 0) is 11.2 Å². The molecule has 0 aliphatic heterocycles. The van der Waals surface area contributed by atoms with Gasteiger partial charge in [-0.15, -0.1) is 0 Å². The molecule has 0 saturated carbocycles. The number of ether oxygens (including phenoxy) is 1. The van der Waals surface area contributed by atoms with Crippen LogP contribution in [0.3, 0.4) is 0 Å². The molecule has 0 aliphatic rings. The van der Waals surface area contributed by atoms with E-state index in [1.807, 2.05) is 48.5 Å². The zero-order chi connectivity index (χ0) is 14.5. The van der Waals surface area contributed by atoms with Gasteiger partial charge in [0.25, 0.3) is 0 Å². The van der Waals surface area contributed by atoms with Crippen molar-refractivity contribution in [3.8, 4) is 5.75 Å². The molecule has 0 spiro atoms. The van der Waals surface area contributed by atoms with E-state index in [1.54, 1.807) is 7.11 Å². The van der Waals surface area contributed by atoms with Crippen LogP contribution in [0.1, 0.15) is 17.0 Å². The van der Waals surface area contributed by atoms with Crippen molar-refractivity contribution < 1.29 is 14.6 Å². The van der Waals surface area contributed by atoms with E-state index in [1.165, 1.54) is 0 Å². The molecule has 0 saturated heterocycles. The van der Waals surface area contributed by atoms with Crippen LogP contribution in [0.25, 0.3) is 0 Å². The fourth-order valence-corrected chi connectivity index (χ4v) is 2.40. The predicted octanol–water partition coefficient (Wildman–Crippen LogP) is 3.87. The second-order valence-electron chi connectivity index (χ2n) is 4.46. The molecule has 4 heteroatoms. The summed E-state index contributed by atoms with van der Waals surface area (Å²) in [4.78, 5) is 11.5. The quantitative estimate of drug-likeness (QED) is 0.902. The summed E-state index contributed by atoms with van der Waals surface area (Å²) in [6.07, 6.45) is 0.404. The average Bonchev–Trinajstić information content (AvgIpc) is 2.46. The van der Waals surface area contributed by atoms with Crippen molar-refractivity contribution in [2.75, 3.05) is 7.11 Å². The van der Waals surface area contributed by atoms with Crippen molar-refractivity contribution >= 4 is 21.9 Å². The molecule has 1 unspecified atom stereocenters. The smallest absolute Gasteiger partial charge is 0.311 e. The van der Waals surface area contributed by atoms with Crippen LogP contribution in [0.2, 0.25) is 0 Å². The standard InChI is InChI=1S/C16H15BrO3/c1-20-15-5-3-2-4-12(15)10-14(16(18)19)11-6-8-13(17)9-7-11/h2-9,14H,10H2,1H3,(H,18,19). The van der Waals surface area contributed by atoms with Gasteiger partial charge >= 0.3 is 5.97 Å². The third-order valence-corrected chi connectivity index (χ3v) is 3.72. The highest BCUT2D eigenvalue weighted by atomic mass is 79.9. The molecule has 2 rings (SSSR count). The summed E-state index contributed by atoms with van der Waals surface area (Å²) in [5, 5.41) is 9.47. The first-order valence-corrected chi connectivity index (χ1v) is 7.01. The lowest BCUT2D eigenvalue weighted by Gasteiger charge is -2.15. The lowest BCUT2D eigenvalue weighted by Crippen LogP contribution is -2.14. The first kappa shape index (κ1) is 14.6. The zero-order valence-electron chi connectivity index (χ0n) is 11.0. The highest BCUT2D eigenvalue weighted by Crippen LogP contribution is 2.27. The monoisotopic (exact) mass is 334 g/mol. The minimum absolute atomic E-state index is 0.404. The molecular weight excluding hydrogens is 320 g/mol. The van der Waals surface area contributed by atoms with Gasteiger partial charge in [-0.1, -0.05) is 46.3 Å². The number of carbonyl (C=O) groups is 1. The molecule has 2 aromatic carbocycles. The molecule has 20 heavy (non-hydrogen) atoms. The zero-order valence-corrected chi connectivity index (χ0v) is 12.6. The first-order chi connectivity index (χ1) is 9.61. The summed E-state index contributed by atoms with van der Waals surface area (Å²) in [5.74, 6) is -0.700. The van der Waals surface area contributed by atoms with E-state index in [4.69, 9.17) is 4.74 Å². The maximum Gasteiger partial charge on any atom is 0.311 e. The van der Waals surface area contributed by atoms with Gasteiger partial charge in [-0.2, -0.15) is 0 Å². The maximum absolute atomic E-state index is 11.5. The fourth-order valence-electron chi connectivity index (χ4n) is 2.13. The van der Waals surface area contributed by atoms with Gasteiger partial charge in [-0.25, -0.2) is 0 Å². The summed E-state index contributed by atoms with van der Waals surface area (Å²) >= 11 is 3.35. The summed E-state index contributed by atoms with van der Waals surface area (Å²) in [7, 11) is 1.59. The molecule has 0 radical (unpaired) electrons. The van der Waals surface area contributed by atoms with Crippen molar-refractivity contribution in [1.82, 2.24) is 0 Å². The van der Waals surface area contributed by atoms with E-state index in [2.05, 4.69) is 15.9 Å². The van der Waals surface area contributed by atoms with Crippen molar-refractivity contribution in [3.63, 3.8) is 0 Å². The topological polar surface area (TPSA) is 46.5 Å². The Bertz CT molecular complexity index is 593. The van der Waals surface area contributed by atoms with Crippen LogP contribution in [0.4, 0.5) is 0 Å². The molecule has 1 atom stereocenters. The number of para-hydroxylation sites is 1. The molecule has 0 fully saturated rings. The number of aliphatic carboxylic acids is 1. The van der Waals surface area contributed by atoms with E-state index < -0.39 is 11.9 Å². The SMILES string of the molecule is COc1ccccc1CC(C(=O)O)c1ccc(Br)cc1. The number of halogens is 1. The lowest BCUT2D eigenvalue weighted by molar-refractivity contribution is -0.138. The number of hydrogen-bond acceptors (Lipinski definition) is 2. The minimum Gasteiger partial charge on any atom is -0.496 e. The molecular formula is C16H15BrO3. The van der Waals surface area contributed by atoms with Gasteiger partial charge < -0.3 is 9.84 Å². The van der Waals surface area contributed by atoms with Crippen LogP contribution < -0.4 is 4.74 Å². The first-order valence-electron chi connectivity index (χ1n) is 6.22. The van der Waals surface area contributed by atoms with Crippen LogP contribution in [0.5, 0.6) is 5.75 Å². The van der Waals surface area contributed by atoms with Crippen molar-refractivity contribution in [3.05, 3.63) is 64.1 Å². The van der Waals surface area contributed by atoms with Gasteiger partial charge in [0.1, 0.15) is 5.75 Å². The Morgan fingerprint density at radius 2 is 1.85 bits per heavy atom. The second-order valence-corrected chi connectivity index (χ2v) is 5.37. The summed E-state index contributed by atoms with van der Waals surface area (Å²) in [5.41, 5.74) is 1.68. The Hall–Kier alpha value is -1.81. The molecule has 0 amide bonds. The number of rotatable bonds is 5. The largest absolute Gasteiger partial charge is 0.496 e. The molecule has 2 aromatic rings. The number of hydrogen-bond donors (Lipinski definition) is 1. The minimum atomic E-state index is -0.835. The molecule has 0 aliphatic carbocycles. The fraction of sp³-hybridized carbons (Fsp3) is 0.188. The predicted molar refractivity (Wildman–Crippen MR) is 81.2 cm³/mol. The van der Waals surface area contributed by atoms with Gasteiger partial charge in [-0.3, -0.25) is 4.79 Å². The van der Waals surface area contributed by atoms with Gasteiger partial charge in [-0.05, 0) is 35.7 Å². The summed E-state index contributed by atoms with van der Waals surface area (Å²) in [6.45, 7) is 0. The van der Waals surface area contributed by atoms with Gasteiger partial charge in [0, 0.05) is 4.47 Å². The average molecular weight is 335 g/mol. The molecule has 3 nitrogen and oxygen atoms in total. The highest BCUT2D eigenvalue weighted by molar-refractivity contribution is 9.10. The van der Waals surface area contributed by atoms with E-state index in [-0.39, 0.29) is 0 Å². The Kier molecular flexibility index (Phi) is 4.79. The Balaban J connectivity index is 2.30. The third-order valence-electron chi connectivity index (χ3n) is 3.19. The number of carboxylic acid groups (broad SMARTS) is 1. The van der Waals surface area contributed by atoms with Crippen LogP contribution in [0, 0.1) is 0 Å². The van der Waals surface area contributed by atoms with Crippen molar-refractivity contribution in [1.29, 1.82) is 0 Å².